The molecule has 1 fully saturated rings. The van der Waals surface area contributed by atoms with Crippen LogP contribution in [0.25, 0.3) is 0 Å². The number of piperazine rings is 1. The molecule has 0 bridgehead atoms. The van der Waals surface area contributed by atoms with E-state index in [-0.39, 0.29) is 24.2 Å². The summed E-state index contributed by atoms with van der Waals surface area (Å²) in [5, 5.41) is 1.26. The molecule has 1 heterocycles. The number of amides is 1. The summed E-state index contributed by atoms with van der Waals surface area (Å²) in [6.07, 6.45) is 0. The average Bonchev–Trinajstić information content (AvgIpc) is 2.44. The minimum absolute atomic E-state index is 0.0358. The van der Waals surface area contributed by atoms with Crippen molar-refractivity contribution in [3.05, 3.63) is 28.2 Å². The van der Waals surface area contributed by atoms with E-state index in [1.807, 2.05) is 37.8 Å². The van der Waals surface area contributed by atoms with Crippen LogP contribution in [0.4, 0.5) is 5.69 Å². The summed E-state index contributed by atoms with van der Waals surface area (Å²) in [4.78, 5) is 16.4. The summed E-state index contributed by atoms with van der Waals surface area (Å²) < 4.78 is 5.58. The second kappa shape index (κ2) is 7.29. The number of carbonyl (C=O) groups is 1. The van der Waals surface area contributed by atoms with Gasteiger partial charge in [-0.05, 0) is 45.9 Å². The number of ether oxygens (including phenoxy) is 1. The molecular formula is C17H24Cl2N2O2. The summed E-state index contributed by atoms with van der Waals surface area (Å²) in [7, 11) is 0. The van der Waals surface area contributed by atoms with E-state index < -0.39 is 0 Å². The fraction of sp³-hybridized carbons (Fsp3) is 0.588. The molecule has 6 heteroatoms. The number of halogens is 2. The largest absolute Gasteiger partial charge is 0.366 e. The highest BCUT2D eigenvalue weighted by atomic mass is 35.5. The molecule has 1 aliphatic heterocycles. The monoisotopic (exact) mass is 358 g/mol. The SMILES string of the molecule is CC1CN(C(=O)COC(C)(C)C)CCN1c1ccc(Cl)cc1Cl. The molecule has 1 atom stereocenters. The number of carbonyl (C=O) groups excluding carboxylic acids is 1. The van der Waals surface area contributed by atoms with Crippen molar-refractivity contribution in [2.45, 2.75) is 39.3 Å². The molecule has 0 radical (unpaired) electrons. The number of rotatable bonds is 3. The number of hydrogen-bond acceptors (Lipinski definition) is 3. The van der Waals surface area contributed by atoms with Gasteiger partial charge in [-0.3, -0.25) is 4.79 Å². The van der Waals surface area contributed by atoms with Crippen LogP contribution in [0.2, 0.25) is 10.0 Å². The van der Waals surface area contributed by atoms with Crippen LogP contribution in [0.15, 0.2) is 18.2 Å². The number of benzene rings is 1. The Labute approximate surface area is 148 Å². The molecule has 0 spiro atoms. The van der Waals surface area contributed by atoms with Gasteiger partial charge in [0.2, 0.25) is 5.91 Å². The summed E-state index contributed by atoms with van der Waals surface area (Å²) >= 11 is 12.3. The van der Waals surface area contributed by atoms with E-state index in [1.165, 1.54) is 0 Å². The standard InChI is InChI=1S/C17H24Cl2N2O2/c1-12-10-20(16(22)11-23-17(2,3)4)7-8-21(12)15-6-5-13(18)9-14(15)19/h5-6,9,12H,7-8,10-11H2,1-4H3. The Bertz CT molecular complexity index is 572. The zero-order valence-corrected chi connectivity index (χ0v) is 15.6. The van der Waals surface area contributed by atoms with Crippen LogP contribution in [-0.2, 0) is 9.53 Å². The van der Waals surface area contributed by atoms with E-state index in [1.54, 1.807) is 6.07 Å². The third-order valence-electron chi connectivity index (χ3n) is 3.83. The lowest BCUT2D eigenvalue weighted by atomic mass is 10.1. The Morgan fingerprint density at radius 3 is 2.57 bits per heavy atom. The summed E-state index contributed by atoms with van der Waals surface area (Å²) in [5.74, 6) is 0.0358. The highest BCUT2D eigenvalue weighted by molar-refractivity contribution is 6.36. The number of nitrogens with zero attached hydrogens (tertiary/aromatic N) is 2. The van der Waals surface area contributed by atoms with Crippen LogP contribution in [0.3, 0.4) is 0 Å². The molecule has 0 aromatic heterocycles. The smallest absolute Gasteiger partial charge is 0.248 e. The first-order valence-corrected chi connectivity index (χ1v) is 8.56. The van der Waals surface area contributed by atoms with Gasteiger partial charge in [0.05, 0.1) is 16.3 Å². The van der Waals surface area contributed by atoms with Crippen LogP contribution in [-0.4, -0.2) is 48.7 Å². The van der Waals surface area contributed by atoms with Gasteiger partial charge >= 0.3 is 0 Å². The summed E-state index contributed by atoms with van der Waals surface area (Å²) in [5.41, 5.74) is 0.654. The number of anilines is 1. The lowest BCUT2D eigenvalue weighted by Crippen LogP contribution is -2.54. The van der Waals surface area contributed by atoms with Crippen LogP contribution < -0.4 is 4.90 Å². The molecule has 1 saturated heterocycles. The normalized spacial score (nSPS) is 19.1. The molecule has 128 valence electrons. The van der Waals surface area contributed by atoms with Crippen molar-refractivity contribution in [2.24, 2.45) is 0 Å². The molecule has 1 aromatic carbocycles. The predicted molar refractivity (Wildman–Crippen MR) is 95.6 cm³/mol. The lowest BCUT2D eigenvalue weighted by Gasteiger charge is -2.41. The van der Waals surface area contributed by atoms with E-state index >= 15 is 0 Å². The van der Waals surface area contributed by atoms with E-state index in [0.29, 0.717) is 23.1 Å². The second-order valence-corrected chi connectivity index (χ2v) is 7.72. The topological polar surface area (TPSA) is 32.8 Å². The Balaban J connectivity index is 1.98. The quantitative estimate of drug-likeness (QED) is 0.822. The molecule has 1 unspecified atom stereocenters. The average molecular weight is 359 g/mol. The Kier molecular flexibility index (Phi) is 5.82. The van der Waals surface area contributed by atoms with Crippen molar-refractivity contribution >= 4 is 34.8 Å². The van der Waals surface area contributed by atoms with Crippen molar-refractivity contribution in [2.75, 3.05) is 31.1 Å². The maximum absolute atomic E-state index is 12.3. The van der Waals surface area contributed by atoms with Gasteiger partial charge in [0, 0.05) is 30.7 Å². The van der Waals surface area contributed by atoms with Crippen molar-refractivity contribution in [3.63, 3.8) is 0 Å². The first kappa shape index (κ1) is 18.4. The Morgan fingerprint density at radius 2 is 2.00 bits per heavy atom. The number of hydrogen-bond donors (Lipinski definition) is 0. The van der Waals surface area contributed by atoms with Gasteiger partial charge in [0.15, 0.2) is 0 Å². The molecule has 2 rings (SSSR count). The zero-order valence-electron chi connectivity index (χ0n) is 14.1. The zero-order chi connectivity index (χ0) is 17.2. The fourth-order valence-corrected chi connectivity index (χ4v) is 3.14. The maximum atomic E-state index is 12.3. The Hall–Kier alpha value is -0.970. The van der Waals surface area contributed by atoms with Gasteiger partial charge in [-0.15, -0.1) is 0 Å². The Morgan fingerprint density at radius 1 is 1.30 bits per heavy atom. The molecule has 1 aliphatic rings. The second-order valence-electron chi connectivity index (χ2n) is 6.88. The van der Waals surface area contributed by atoms with Crippen LogP contribution in [0.1, 0.15) is 27.7 Å². The third kappa shape index (κ3) is 5.00. The fourth-order valence-electron chi connectivity index (χ4n) is 2.63. The first-order chi connectivity index (χ1) is 10.7. The van der Waals surface area contributed by atoms with E-state index in [4.69, 9.17) is 27.9 Å². The summed E-state index contributed by atoms with van der Waals surface area (Å²) in [6.45, 7) is 10.1. The molecule has 1 aromatic rings. The molecule has 0 N–H and O–H groups in total. The highest BCUT2D eigenvalue weighted by Gasteiger charge is 2.28. The maximum Gasteiger partial charge on any atom is 0.248 e. The summed E-state index contributed by atoms with van der Waals surface area (Å²) in [6, 6.07) is 5.70. The minimum atomic E-state index is -0.306. The van der Waals surface area contributed by atoms with Gasteiger partial charge in [-0.2, -0.15) is 0 Å². The van der Waals surface area contributed by atoms with Gasteiger partial charge in [-0.1, -0.05) is 23.2 Å². The van der Waals surface area contributed by atoms with E-state index in [2.05, 4.69) is 11.8 Å². The third-order valence-corrected chi connectivity index (χ3v) is 4.37. The molecular weight excluding hydrogens is 335 g/mol. The van der Waals surface area contributed by atoms with E-state index in [0.717, 1.165) is 12.2 Å². The van der Waals surface area contributed by atoms with Crippen molar-refractivity contribution in [1.29, 1.82) is 0 Å². The van der Waals surface area contributed by atoms with Crippen molar-refractivity contribution < 1.29 is 9.53 Å². The first-order valence-electron chi connectivity index (χ1n) is 7.81. The van der Waals surface area contributed by atoms with Gasteiger partial charge < -0.3 is 14.5 Å². The molecule has 1 amide bonds. The lowest BCUT2D eigenvalue weighted by molar-refractivity contribution is -0.141. The van der Waals surface area contributed by atoms with Crippen LogP contribution >= 0.6 is 23.2 Å². The van der Waals surface area contributed by atoms with Crippen LogP contribution in [0.5, 0.6) is 0 Å². The van der Waals surface area contributed by atoms with Gasteiger partial charge in [0.25, 0.3) is 0 Å². The predicted octanol–water partition coefficient (Wildman–Crippen LogP) is 3.85. The molecule has 4 nitrogen and oxygen atoms in total. The molecule has 0 saturated carbocycles. The van der Waals surface area contributed by atoms with Gasteiger partial charge in [-0.25, -0.2) is 0 Å². The van der Waals surface area contributed by atoms with E-state index in [9.17, 15) is 4.79 Å². The minimum Gasteiger partial charge on any atom is -0.366 e. The van der Waals surface area contributed by atoms with Crippen molar-refractivity contribution in [3.8, 4) is 0 Å². The van der Waals surface area contributed by atoms with Crippen molar-refractivity contribution in [1.82, 2.24) is 4.90 Å². The molecule has 23 heavy (non-hydrogen) atoms. The van der Waals surface area contributed by atoms with Gasteiger partial charge in [0.1, 0.15) is 6.61 Å². The van der Waals surface area contributed by atoms with Crippen LogP contribution in [0, 0.1) is 0 Å². The molecule has 0 aliphatic carbocycles. The highest BCUT2D eigenvalue weighted by Crippen LogP contribution is 2.31.